The Morgan fingerprint density at radius 1 is 1.09 bits per heavy atom. The van der Waals surface area contributed by atoms with E-state index in [1.54, 1.807) is 24.1 Å². The lowest BCUT2D eigenvalue weighted by Gasteiger charge is -2.34. The van der Waals surface area contributed by atoms with Crippen LogP contribution in [0.2, 0.25) is 0 Å². The summed E-state index contributed by atoms with van der Waals surface area (Å²) < 4.78 is 17.8. The average molecular weight is 637 g/mol. The molecule has 2 aromatic carbocycles. The van der Waals surface area contributed by atoms with Crippen LogP contribution in [0.4, 0.5) is 5.69 Å². The van der Waals surface area contributed by atoms with Crippen molar-refractivity contribution in [2.75, 3.05) is 58.0 Å². The molecule has 1 unspecified atom stereocenters. The van der Waals surface area contributed by atoms with Gasteiger partial charge in [0.25, 0.3) is 5.91 Å². The van der Waals surface area contributed by atoms with Crippen molar-refractivity contribution in [2.45, 2.75) is 65.8 Å². The number of nitrogens with one attached hydrogen (secondary N) is 2. The topological polar surface area (TPSA) is 141 Å². The molecule has 0 aliphatic carbocycles. The Morgan fingerprint density at radius 2 is 1.80 bits per heavy atom. The number of amides is 1. The summed E-state index contributed by atoms with van der Waals surface area (Å²) in [6.07, 6.45) is 1.70. The molecule has 11 heteroatoms. The van der Waals surface area contributed by atoms with Crippen LogP contribution >= 0.6 is 0 Å². The van der Waals surface area contributed by atoms with Crippen molar-refractivity contribution in [2.24, 2.45) is 5.92 Å². The number of Topliss-reactive ketones (excluding diaryl/α,β-unsaturated/α-hetero) is 1. The Labute approximate surface area is 271 Å². The van der Waals surface area contributed by atoms with Crippen molar-refractivity contribution < 1.29 is 33.7 Å². The lowest BCUT2D eigenvalue weighted by molar-refractivity contribution is -0.142. The van der Waals surface area contributed by atoms with Gasteiger partial charge in [0.15, 0.2) is 5.78 Å². The van der Waals surface area contributed by atoms with Gasteiger partial charge < -0.3 is 34.4 Å². The standard InChI is InChI=1S/C35H48N4O7/c1-7-22(34(42)43)10-9-13-46-31-27(35(3,4)5)16-23(17-28(31)38-11-14-44-15-12-38)29(40)21-39-20-24-18-30(45-8-2)26(33(41)37-6)19-25(24)32(39)36/h16-19,22,36H,7-15,20-21H2,1-6H3,(H,37,41)(H,42,43). The van der Waals surface area contributed by atoms with Crippen LogP contribution in [0, 0.1) is 11.3 Å². The summed E-state index contributed by atoms with van der Waals surface area (Å²) in [5.74, 6) is -0.267. The van der Waals surface area contributed by atoms with Crippen LogP contribution in [-0.4, -0.2) is 86.6 Å². The summed E-state index contributed by atoms with van der Waals surface area (Å²) in [5, 5.41) is 21.0. The molecule has 46 heavy (non-hydrogen) atoms. The van der Waals surface area contributed by atoms with E-state index in [1.807, 2.05) is 26.0 Å². The quantitative estimate of drug-likeness (QED) is 0.196. The number of amidine groups is 1. The molecule has 2 heterocycles. The van der Waals surface area contributed by atoms with Crippen molar-refractivity contribution in [3.05, 3.63) is 52.1 Å². The number of carbonyl (C=O) groups excluding carboxylic acids is 2. The number of rotatable bonds is 14. The van der Waals surface area contributed by atoms with Crippen LogP contribution in [0.15, 0.2) is 24.3 Å². The number of carboxylic acid groups (broad SMARTS) is 1. The van der Waals surface area contributed by atoms with Gasteiger partial charge in [-0.15, -0.1) is 0 Å². The zero-order valence-electron chi connectivity index (χ0n) is 28.0. The minimum absolute atomic E-state index is 0.00722. The lowest BCUT2D eigenvalue weighted by Crippen LogP contribution is -2.37. The van der Waals surface area contributed by atoms with Gasteiger partial charge in [-0.2, -0.15) is 0 Å². The number of hydrogen-bond donors (Lipinski definition) is 3. The molecule has 0 spiro atoms. The van der Waals surface area contributed by atoms with Gasteiger partial charge in [0, 0.05) is 43.4 Å². The second-order valence-corrected chi connectivity index (χ2v) is 12.8. The molecule has 0 aromatic heterocycles. The molecular weight excluding hydrogens is 588 g/mol. The third kappa shape index (κ3) is 7.81. The molecule has 1 amide bonds. The number of aliphatic carboxylic acids is 1. The first kappa shape index (κ1) is 34.7. The molecule has 4 rings (SSSR count). The molecule has 0 saturated carbocycles. The average Bonchev–Trinajstić information content (AvgIpc) is 3.33. The second-order valence-electron chi connectivity index (χ2n) is 12.8. The van der Waals surface area contributed by atoms with Crippen molar-refractivity contribution in [3.63, 3.8) is 0 Å². The Balaban J connectivity index is 1.63. The predicted octanol–water partition coefficient (Wildman–Crippen LogP) is 4.87. The summed E-state index contributed by atoms with van der Waals surface area (Å²) in [7, 11) is 1.55. The number of fused-ring (bicyclic) bond motifs is 1. The highest BCUT2D eigenvalue weighted by molar-refractivity contribution is 6.08. The number of anilines is 1. The first-order chi connectivity index (χ1) is 21.9. The predicted molar refractivity (Wildman–Crippen MR) is 177 cm³/mol. The van der Waals surface area contributed by atoms with Crippen molar-refractivity contribution in [1.82, 2.24) is 10.2 Å². The fourth-order valence-electron chi connectivity index (χ4n) is 5.94. The summed E-state index contributed by atoms with van der Waals surface area (Å²) >= 11 is 0. The van der Waals surface area contributed by atoms with Crippen LogP contribution in [0.5, 0.6) is 11.5 Å². The molecule has 1 saturated heterocycles. The number of ether oxygens (including phenoxy) is 3. The van der Waals surface area contributed by atoms with E-state index in [4.69, 9.17) is 19.6 Å². The molecule has 250 valence electrons. The highest BCUT2D eigenvalue weighted by atomic mass is 16.5. The van der Waals surface area contributed by atoms with Crippen LogP contribution in [-0.2, 0) is 21.5 Å². The molecule has 3 N–H and O–H groups in total. The number of benzene rings is 2. The van der Waals surface area contributed by atoms with Gasteiger partial charge in [0.1, 0.15) is 17.3 Å². The number of hydrogen-bond acceptors (Lipinski definition) is 8. The van der Waals surface area contributed by atoms with Gasteiger partial charge in [-0.25, -0.2) is 0 Å². The number of morpholine rings is 1. The van der Waals surface area contributed by atoms with Crippen LogP contribution in [0.1, 0.15) is 91.3 Å². The molecule has 11 nitrogen and oxygen atoms in total. The van der Waals surface area contributed by atoms with E-state index in [0.717, 1.165) is 16.8 Å². The van der Waals surface area contributed by atoms with E-state index in [2.05, 4.69) is 31.0 Å². The lowest BCUT2D eigenvalue weighted by atomic mass is 9.84. The van der Waals surface area contributed by atoms with Gasteiger partial charge in [-0.1, -0.05) is 27.7 Å². The van der Waals surface area contributed by atoms with Crippen LogP contribution in [0.25, 0.3) is 0 Å². The summed E-state index contributed by atoms with van der Waals surface area (Å²) in [6, 6.07) is 7.25. The minimum Gasteiger partial charge on any atom is -0.493 e. The fourth-order valence-corrected chi connectivity index (χ4v) is 5.94. The number of carbonyl (C=O) groups is 3. The SMILES string of the molecule is CCOc1cc2c(cc1C(=O)NC)C(=N)N(CC(=O)c1cc(N3CCOCC3)c(OCCCC(CC)C(=O)O)c(C(C)(C)C)c1)C2. The highest BCUT2D eigenvalue weighted by Crippen LogP contribution is 2.41. The van der Waals surface area contributed by atoms with E-state index in [-0.39, 0.29) is 29.5 Å². The molecule has 1 fully saturated rings. The largest absolute Gasteiger partial charge is 0.493 e. The Hall–Kier alpha value is -4.12. The van der Waals surface area contributed by atoms with Crippen LogP contribution in [0.3, 0.4) is 0 Å². The number of nitrogens with zero attached hydrogens (tertiary/aromatic N) is 2. The summed E-state index contributed by atoms with van der Waals surface area (Å²) in [5.41, 5.74) is 3.67. The van der Waals surface area contributed by atoms with Crippen LogP contribution < -0.4 is 19.7 Å². The van der Waals surface area contributed by atoms with E-state index >= 15 is 0 Å². The minimum atomic E-state index is -0.787. The summed E-state index contributed by atoms with van der Waals surface area (Å²) in [4.78, 5) is 41.9. The molecule has 2 aliphatic rings. The second kappa shape index (κ2) is 15.0. The zero-order valence-corrected chi connectivity index (χ0v) is 28.0. The van der Waals surface area contributed by atoms with E-state index in [9.17, 15) is 19.5 Å². The monoisotopic (exact) mass is 636 g/mol. The molecule has 0 radical (unpaired) electrons. The Morgan fingerprint density at radius 3 is 2.41 bits per heavy atom. The van der Waals surface area contributed by atoms with Gasteiger partial charge in [0.05, 0.1) is 50.1 Å². The van der Waals surface area contributed by atoms with Crippen molar-refractivity contribution in [1.29, 1.82) is 5.41 Å². The summed E-state index contributed by atoms with van der Waals surface area (Å²) in [6.45, 7) is 13.5. The molecule has 2 aliphatic heterocycles. The maximum Gasteiger partial charge on any atom is 0.306 e. The van der Waals surface area contributed by atoms with E-state index < -0.39 is 11.9 Å². The first-order valence-electron chi connectivity index (χ1n) is 16.1. The molecule has 1 atom stereocenters. The Bertz CT molecular complexity index is 1460. The fraction of sp³-hybridized carbons (Fsp3) is 0.543. The van der Waals surface area contributed by atoms with E-state index in [1.165, 1.54) is 0 Å². The maximum absolute atomic E-state index is 14.0. The molecular formula is C35H48N4O7. The van der Waals surface area contributed by atoms with Gasteiger partial charge in [-0.3, -0.25) is 19.8 Å². The third-order valence-electron chi connectivity index (χ3n) is 8.58. The van der Waals surface area contributed by atoms with Gasteiger partial charge in [-0.05, 0) is 61.4 Å². The van der Waals surface area contributed by atoms with Gasteiger partial charge in [0.2, 0.25) is 0 Å². The number of ketones is 1. The van der Waals surface area contributed by atoms with Crippen molar-refractivity contribution >= 4 is 29.2 Å². The van der Waals surface area contributed by atoms with E-state index in [0.29, 0.717) is 93.5 Å². The smallest absolute Gasteiger partial charge is 0.306 e. The highest BCUT2D eigenvalue weighted by Gasteiger charge is 2.32. The Kier molecular flexibility index (Phi) is 11.3. The zero-order chi connectivity index (χ0) is 33.6. The van der Waals surface area contributed by atoms with Gasteiger partial charge >= 0.3 is 5.97 Å². The number of carboxylic acids is 1. The maximum atomic E-state index is 14.0. The first-order valence-corrected chi connectivity index (χ1v) is 16.1. The van der Waals surface area contributed by atoms with Crippen molar-refractivity contribution in [3.8, 4) is 11.5 Å². The molecule has 2 aromatic rings. The normalized spacial score (nSPS) is 15.4. The molecule has 0 bridgehead atoms. The third-order valence-corrected chi connectivity index (χ3v) is 8.58.